The van der Waals surface area contributed by atoms with Gasteiger partial charge in [-0.25, -0.2) is 4.18 Å². The van der Waals surface area contributed by atoms with E-state index in [4.69, 9.17) is 9.47 Å². The third kappa shape index (κ3) is 57.1. The zero-order valence-corrected chi connectivity index (χ0v) is 59.6. The number of ether oxygens (including phenoxy) is 2. The summed E-state index contributed by atoms with van der Waals surface area (Å²) >= 11 is 0. The molecule has 0 bridgehead atoms. The van der Waals surface area contributed by atoms with Crippen LogP contribution in [-0.4, -0.2) is 95.4 Å². The quantitative estimate of drug-likeness (QED) is 0.0251. The summed E-state index contributed by atoms with van der Waals surface area (Å²) in [6.45, 7) is 3.54. The number of amides is 1. The molecule has 1 aliphatic heterocycles. The molecule has 1 fully saturated rings. The molecule has 1 aliphatic rings. The summed E-state index contributed by atoms with van der Waals surface area (Å²) in [6, 6.07) is -0.855. The summed E-state index contributed by atoms with van der Waals surface area (Å²) in [5.41, 5.74) is 0. The van der Waals surface area contributed by atoms with Crippen molar-refractivity contribution in [2.45, 2.75) is 468 Å². The van der Waals surface area contributed by atoms with Gasteiger partial charge in [0.1, 0.15) is 24.4 Å². The Morgan fingerprint density at radius 2 is 0.652 bits per heavy atom. The molecule has 6 N–H and O–H groups in total. The second-order valence-corrected chi connectivity index (χ2v) is 29.1. The predicted molar refractivity (Wildman–Crippen MR) is 375 cm³/mol. The van der Waals surface area contributed by atoms with E-state index in [1.54, 1.807) is 0 Å². The van der Waals surface area contributed by atoms with Crippen molar-refractivity contribution in [3.05, 3.63) is 0 Å². The minimum absolute atomic E-state index is 0.218. The summed E-state index contributed by atoms with van der Waals surface area (Å²) in [4.78, 5) is 13.3. The normalized spacial score (nSPS) is 17.9. The first kappa shape index (κ1) is 86.1. The van der Waals surface area contributed by atoms with E-state index in [0.717, 1.165) is 51.4 Å². The molecule has 0 aromatic heterocycles. The lowest BCUT2D eigenvalue weighted by Gasteiger charge is -2.41. The van der Waals surface area contributed by atoms with Gasteiger partial charge in [-0.3, -0.25) is 9.35 Å². The monoisotopic (exact) mass is 1290 g/mol. The molecular weight excluding hydrogens is 1130 g/mol. The zero-order chi connectivity index (χ0) is 64.6. The van der Waals surface area contributed by atoms with Crippen LogP contribution >= 0.6 is 0 Å². The number of aliphatic hydroxyl groups excluding tert-OH is 4. The lowest BCUT2D eigenvalue weighted by Crippen LogP contribution is -2.61. The van der Waals surface area contributed by atoms with Crippen molar-refractivity contribution in [2.24, 2.45) is 0 Å². The van der Waals surface area contributed by atoms with Crippen molar-refractivity contribution >= 4 is 16.3 Å². The van der Waals surface area contributed by atoms with Crippen LogP contribution in [0.2, 0.25) is 0 Å². The van der Waals surface area contributed by atoms with Gasteiger partial charge in [-0.1, -0.05) is 406 Å². The van der Waals surface area contributed by atoms with Gasteiger partial charge < -0.3 is 35.2 Å². The highest BCUT2D eigenvalue weighted by Gasteiger charge is 2.48. The molecule has 7 unspecified atom stereocenters. The van der Waals surface area contributed by atoms with E-state index in [9.17, 15) is 38.2 Å². The zero-order valence-electron chi connectivity index (χ0n) is 58.8. The van der Waals surface area contributed by atoms with E-state index in [0.29, 0.717) is 12.8 Å². The van der Waals surface area contributed by atoms with Crippen molar-refractivity contribution in [1.82, 2.24) is 5.32 Å². The van der Waals surface area contributed by atoms with Crippen molar-refractivity contribution in [3.63, 3.8) is 0 Å². The molecule has 1 amide bonds. The van der Waals surface area contributed by atoms with Gasteiger partial charge in [-0.2, -0.15) is 8.42 Å². The highest BCUT2D eigenvalue weighted by atomic mass is 32.3. The average Bonchev–Trinajstić information content (AvgIpc) is 1.16. The second-order valence-electron chi connectivity index (χ2n) is 28.0. The predicted octanol–water partition coefficient (Wildman–Crippen LogP) is 21.5. The van der Waals surface area contributed by atoms with Gasteiger partial charge in [-0.15, -0.1) is 0 Å². The number of nitrogens with one attached hydrogen (secondary N) is 1. The van der Waals surface area contributed by atoms with E-state index in [2.05, 4.69) is 23.3 Å². The van der Waals surface area contributed by atoms with E-state index < -0.39 is 59.9 Å². The number of aliphatic hydroxyl groups is 4. The van der Waals surface area contributed by atoms with Crippen molar-refractivity contribution < 1.29 is 51.8 Å². The summed E-state index contributed by atoms with van der Waals surface area (Å²) < 4.78 is 48.2. The van der Waals surface area contributed by atoms with E-state index in [1.165, 1.54) is 347 Å². The molecule has 13 heteroatoms. The number of rotatable bonds is 72. The van der Waals surface area contributed by atoms with Crippen molar-refractivity contribution in [3.8, 4) is 0 Å². The van der Waals surface area contributed by atoms with Crippen LogP contribution < -0.4 is 5.32 Å². The topological polar surface area (TPSA) is 192 Å². The molecule has 0 spiro atoms. The average molecular weight is 1290 g/mol. The Balaban J connectivity index is 2.12. The Bertz CT molecular complexity index is 1560. The Morgan fingerprint density at radius 3 is 0.899 bits per heavy atom. The molecule has 0 saturated carbocycles. The van der Waals surface area contributed by atoms with Crippen LogP contribution in [0.1, 0.15) is 425 Å². The fourth-order valence-corrected chi connectivity index (χ4v) is 13.9. The lowest BCUT2D eigenvalue weighted by atomic mass is 9.99. The minimum atomic E-state index is -5.08. The van der Waals surface area contributed by atoms with Gasteiger partial charge in [0.25, 0.3) is 0 Å². The molecule has 7 atom stereocenters. The SMILES string of the molecule is CCCCCCCCCCCCCCCCCCCCCCCCCCCCCCCCCCCCCCCCCC(=O)NC(COC1OC(CO)C(O)C(OS(=O)(=O)O)C1O)C(O)CCCCCCCCCCCCCCCCCCCCCCCCC. The van der Waals surface area contributed by atoms with E-state index >= 15 is 0 Å². The van der Waals surface area contributed by atoms with Crippen molar-refractivity contribution in [2.75, 3.05) is 13.2 Å². The molecule has 1 saturated heterocycles. The standard InChI is InChI=1S/C76H151NO11S/c1-3-5-7-9-11-13-15-17-19-21-23-25-27-28-29-30-31-32-33-34-35-36-37-38-39-40-41-42-44-46-48-50-52-54-56-58-60-62-64-66-72(80)77-69(68-86-76-74(82)75(88-89(83,84)85)73(81)71(67-78)87-76)70(79)65-63-61-59-57-55-53-51-49-47-45-43-26-24-22-20-18-16-14-12-10-8-6-4-2/h69-71,73-76,78-79,81-82H,3-68H2,1-2H3,(H,77,80)(H,83,84,85). The smallest absolute Gasteiger partial charge is 0.394 e. The van der Waals surface area contributed by atoms with Crippen LogP contribution in [0.15, 0.2) is 0 Å². The van der Waals surface area contributed by atoms with Crippen molar-refractivity contribution in [1.29, 1.82) is 0 Å². The molecule has 0 aromatic rings. The van der Waals surface area contributed by atoms with E-state index in [1.807, 2.05) is 0 Å². The largest absolute Gasteiger partial charge is 0.397 e. The molecule has 0 aliphatic carbocycles. The molecule has 0 radical (unpaired) electrons. The lowest BCUT2D eigenvalue weighted by molar-refractivity contribution is -0.298. The highest BCUT2D eigenvalue weighted by Crippen LogP contribution is 2.27. The third-order valence-corrected chi connectivity index (χ3v) is 19.9. The molecule has 1 heterocycles. The molecule has 532 valence electrons. The van der Waals surface area contributed by atoms with Gasteiger partial charge in [0.05, 0.1) is 25.4 Å². The van der Waals surface area contributed by atoms with Crippen LogP contribution in [0.3, 0.4) is 0 Å². The van der Waals surface area contributed by atoms with Crippen LogP contribution in [0, 0.1) is 0 Å². The molecule has 0 aromatic carbocycles. The maximum atomic E-state index is 13.3. The second kappa shape index (κ2) is 65.7. The van der Waals surface area contributed by atoms with Crippen LogP contribution in [0.25, 0.3) is 0 Å². The number of carbonyl (C=O) groups is 1. The fourth-order valence-electron chi connectivity index (χ4n) is 13.4. The maximum absolute atomic E-state index is 13.3. The maximum Gasteiger partial charge on any atom is 0.397 e. The third-order valence-electron chi connectivity index (χ3n) is 19.4. The Kier molecular flexibility index (Phi) is 63.6. The van der Waals surface area contributed by atoms with Gasteiger partial charge in [-0.05, 0) is 12.8 Å². The Morgan fingerprint density at radius 1 is 0.404 bits per heavy atom. The molecular formula is C76H151NO11S. The summed E-state index contributed by atoms with van der Waals surface area (Å²) in [6.07, 6.45) is 74.7. The highest BCUT2D eigenvalue weighted by molar-refractivity contribution is 7.80. The van der Waals surface area contributed by atoms with Gasteiger partial charge in [0.2, 0.25) is 5.91 Å². The Hall–Kier alpha value is -0.900. The van der Waals surface area contributed by atoms with Gasteiger partial charge in [0.15, 0.2) is 6.29 Å². The van der Waals surface area contributed by atoms with Gasteiger partial charge in [0, 0.05) is 6.42 Å². The number of hydrogen-bond donors (Lipinski definition) is 6. The van der Waals surface area contributed by atoms with Crippen LogP contribution in [0.5, 0.6) is 0 Å². The number of unbranched alkanes of at least 4 members (excludes halogenated alkanes) is 60. The fraction of sp³-hybridized carbons (Fsp3) is 0.987. The summed E-state index contributed by atoms with van der Waals surface area (Å²) in [5, 5.41) is 45.4. The molecule has 12 nitrogen and oxygen atoms in total. The first-order valence-electron chi connectivity index (χ1n) is 39.4. The van der Waals surface area contributed by atoms with Gasteiger partial charge >= 0.3 is 10.4 Å². The Labute approximate surface area is 551 Å². The van der Waals surface area contributed by atoms with Crippen LogP contribution in [-0.2, 0) is 28.9 Å². The molecule has 89 heavy (non-hydrogen) atoms. The first-order valence-corrected chi connectivity index (χ1v) is 40.8. The number of hydrogen-bond acceptors (Lipinski definition) is 10. The van der Waals surface area contributed by atoms with Crippen LogP contribution in [0.4, 0.5) is 0 Å². The first-order chi connectivity index (χ1) is 43.5. The summed E-state index contributed by atoms with van der Waals surface area (Å²) in [7, 11) is -5.08. The number of carbonyl (C=O) groups excluding carboxylic acids is 1. The van der Waals surface area contributed by atoms with E-state index in [-0.39, 0.29) is 12.5 Å². The summed E-state index contributed by atoms with van der Waals surface area (Å²) in [5.74, 6) is -0.218. The molecule has 1 rings (SSSR count). The minimum Gasteiger partial charge on any atom is -0.394 e.